The van der Waals surface area contributed by atoms with Gasteiger partial charge in [-0.25, -0.2) is 0 Å². The molecular formula is C20H27N3O. The van der Waals surface area contributed by atoms with Crippen LogP contribution >= 0.6 is 0 Å². The minimum absolute atomic E-state index is 0.0610. The number of aromatic nitrogens is 1. The van der Waals surface area contributed by atoms with E-state index in [-0.39, 0.29) is 11.9 Å². The Morgan fingerprint density at radius 3 is 2.42 bits per heavy atom. The first-order chi connectivity index (χ1) is 11.5. The molecule has 0 fully saturated rings. The van der Waals surface area contributed by atoms with Gasteiger partial charge in [0.25, 0.3) is 5.91 Å². The quantitative estimate of drug-likeness (QED) is 0.842. The molecule has 4 nitrogen and oxygen atoms in total. The van der Waals surface area contributed by atoms with Crippen LogP contribution in [0.15, 0.2) is 48.8 Å². The van der Waals surface area contributed by atoms with Gasteiger partial charge in [0.05, 0.1) is 6.04 Å². The maximum absolute atomic E-state index is 12.4. The second kappa shape index (κ2) is 8.60. The summed E-state index contributed by atoms with van der Waals surface area (Å²) in [5.74, 6) is -0.0610. The summed E-state index contributed by atoms with van der Waals surface area (Å²) < 4.78 is 0. The Hall–Kier alpha value is -2.20. The number of amides is 1. The lowest BCUT2D eigenvalue weighted by atomic mass is 10.1. The molecule has 1 aromatic carbocycles. The zero-order chi connectivity index (χ0) is 17.5. The van der Waals surface area contributed by atoms with Gasteiger partial charge in [-0.1, -0.05) is 25.1 Å². The van der Waals surface area contributed by atoms with E-state index in [4.69, 9.17) is 0 Å². The number of carbonyl (C=O) groups excluding carboxylic acids is 1. The van der Waals surface area contributed by atoms with Crippen molar-refractivity contribution in [3.8, 4) is 0 Å². The maximum Gasteiger partial charge on any atom is 0.251 e. The SMILES string of the molecule is CCN(Cc1ccc(C(=O)N[C@H](C)c2cccnc2)cc1)C(C)C. The molecule has 0 saturated carbocycles. The number of nitrogens with one attached hydrogen (secondary N) is 1. The molecule has 1 heterocycles. The zero-order valence-corrected chi connectivity index (χ0v) is 15.0. The van der Waals surface area contributed by atoms with Gasteiger partial charge in [-0.2, -0.15) is 0 Å². The lowest BCUT2D eigenvalue weighted by Gasteiger charge is -2.24. The van der Waals surface area contributed by atoms with Gasteiger partial charge < -0.3 is 5.32 Å². The molecule has 2 rings (SSSR count). The summed E-state index contributed by atoms with van der Waals surface area (Å²) in [4.78, 5) is 18.9. The molecule has 0 radical (unpaired) electrons. The predicted octanol–water partition coefficient (Wildman–Crippen LogP) is 3.80. The summed E-state index contributed by atoms with van der Waals surface area (Å²) >= 11 is 0. The van der Waals surface area contributed by atoms with Crippen molar-refractivity contribution >= 4 is 5.91 Å². The van der Waals surface area contributed by atoms with E-state index in [0.717, 1.165) is 18.7 Å². The number of hydrogen-bond acceptors (Lipinski definition) is 3. The fraction of sp³-hybridized carbons (Fsp3) is 0.400. The van der Waals surface area contributed by atoms with Gasteiger partial charge in [0, 0.05) is 30.5 Å². The summed E-state index contributed by atoms with van der Waals surface area (Å²) in [5, 5.41) is 3.01. The molecule has 1 amide bonds. The Bertz CT molecular complexity index is 638. The highest BCUT2D eigenvalue weighted by molar-refractivity contribution is 5.94. The Labute approximate surface area is 144 Å². The van der Waals surface area contributed by atoms with Crippen LogP contribution in [0.25, 0.3) is 0 Å². The van der Waals surface area contributed by atoms with Crippen molar-refractivity contribution in [2.75, 3.05) is 6.54 Å². The Balaban J connectivity index is 1.98. The van der Waals surface area contributed by atoms with E-state index in [1.165, 1.54) is 5.56 Å². The van der Waals surface area contributed by atoms with E-state index in [1.54, 1.807) is 12.4 Å². The van der Waals surface area contributed by atoms with Gasteiger partial charge in [-0.05, 0) is 56.6 Å². The second-order valence-corrected chi connectivity index (χ2v) is 6.34. The maximum atomic E-state index is 12.4. The van der Waals surface area contributed by atoms with Gasteiger partial charge in [0.15, 0.2) is 0 Å². The van der Waals surface area contributed by atoms with E-state index in [2.05, 4.69) is 36.0 Å². The van der Waals surface area contributed by atoms with Crippen LogP contribution < -0.4 is 5.32 Å². The number of hydrogen-bond donors (Lipinski definition) is 1. The fourth-order valence-corrected chi connectivity index (χ4v) is 2.65. The van der Waals surface area contributed by atoms with Crippen molar-refractivity contribution in [1.29, 1.82) is 0 Å². The minimum atomic E-state index is -0.0672. The highest BCUT2D eigenvalue weighted by Crippen LogP contribution is 2.13. The first kappa shape index (κ1) is 18.1. The highest BCUT2D eigenvalue weighted by Gasteiger charge is 2.12. The summed E-state index contributed by atoms with van der Waals surface area (Å²) in [7, 11) is 0. The van der Waals surface area contributed by atoms with Crippen LogP contribution in [0.1, 0.15) is 55.2 Å². The van der Waals surface area contributed by atoms with Crippen molar-refractivity contribution in [3.63, 3.8) is 0 Å². The first-order valence-electron chi connectivity index (χ1n) is 8.55. The summed E-state index contributed by atoms with van der Waals surface area (Å²) in [6.45, 7) is 10.5. The molecule has 0 aliphatic rings. The third-order valence-corrected chi connectivity index (χ3v) is 4.27. The molecule has 24 heavy (non-hydrogen) atoms. The number of carbonyl (C=O) groups is 1. The third kappa shape index (κ3) is 4.90. The van der Waals surface area contributed by atoms with E-state index >= 15 is 0 Å². The van der Waals surface area contributed by atoms with Gasteiger partial charge in [0.2, 0.25) is 0 Å². The monoisotopic (exact) mass is 325 g/mol. The summed E-state index contributed by atoms with van der Waals surface area (Å²) in [5.41, 5.74) is 2.91. The van der Waals surface area contributed by atoms with Crippen LogP contribution in [0.3, 0.4) is 0 Å². The van der Waals surface area contributed by atoms with Crippen LogP contribution in [0.4, 0.5) is 0 Å². The van der Waals surface area contributed by atoms with Crippen LogP contribution in [0.2, 0.25) is 0 Å². The largest absolute Gasteiger partial charge is 0.345 e. The molecule has 0 aliphatic heterocycles. The molecular weight excluding hydrogens is 298 g/mol. The number of pyridine rings is 1. The van der Waals surface area contributed by atoms with Crippen LogP contribution in [0.5, 0.6) is 0 Å². The molecule has 0 aliphatic carbocycles. The van der Waals surface area contributed by atoms with Crippen LogP contribution in [0, 0.1) is 0 Å². The van der Waals surface area contributed by atoms with E-state index < -0.39 is 0 Å². The molecule has 1 atom stereocenters. The van der Waals surface area contributed by atoms with Crippen LogP contribution in [-0.4, -0.2) is 28.4 Å². The number of benzene rings is 1. The van der Waals surface area contributed by atoms with Gasteiger partial charge >= 0.3 is 0 Å². The standard InChI is InChI=1S/C20H27N3O/c1-5-23(15(2)3)14-17-8-10-18(11-9-17)20(24)22-16(4)19-7-6-12-21-13-19/h6-13,15-16H,5,14H2,1-4H3,(H,22,24)/t16-/m1/s1. The topological polar surface area (TPSA) is 45.2 Å². The zero-order valence-electron chi connectivity index (χ0n) is 15.0. The third-order valence-electron chi connectivity index (χ3n) is 4.27. The molecule has 128 valence electrons. The van der Waals surface area contributed by atoms with Crippen molar-refractivity contribution < 1.29 is 4.79 Å². The molecule has 0 bridgehead atoms. The van der Waals surface area contributed by atoms with E-state index in [0.29, 0.717) is 11.6 Å². The fourth-order valence-electron chi connectivity index (χ4n) is 2.65. The molecule has 0 saturated heterocycles. The molecule has 0 spiro atoms. The van der Waals surface area contributed by atoms with E-state index in [1.807, 2.05) is 43.3 Å². The summed E-state index contributed by atoms with van der Waals surface area (Å²) in [6, 6.07) is 12.2. The molecule has 1 N–H and O–H groups in total. The van der Waals surface area contributed by atoms with E-state index in [9.17, 15) is 4.79 Å². The van der Waals surface area contributed by atoms with Crippen molar-refractivity contribution in [3.05, 3.63) is 65.5 Å². The molecule has 4 heteroatoms. The lowest BCUT2D eigenvalue weighted by Crippen LogP contribution is -2.30. The smallest absolute Gasteiger partial charge is 0.251 e. The van der Waals surface area contributed by atoms with Gasteiger partial charge in [0.1, 0.15) is 0 Å². The average Bonchev–Trinajstić information content (AvgIpc) is 2.60. The van der Waals surface area contributed by atoms with Crippen LogP contribution in [-0.2, 0) is 6.54 Å². The highest BCUT2D eigenvalue weighted by atomic mass is 16.1. The Morgan fingerprint density at radius 1 is 1.17 bits per heavy atom. The van der Waals surface area contributed by atoms with Crippen molar-refractivity contribution in [2.24, 2.45) is 0 Å². The normalized spacial score (nSPS) is 12.4. The van der Waals surface area contributed by atoms with Gasteiger partial charge in [-0.3, -0.25) is 14.7 Å². The molecule has 0 unspecified atom stereocenters. The number of rotatable bonds is 7. The van der Waals surface area contributed by atoms with Gasteiger partial charge in [-0.15, -0.1) is 0 Å². The molecule has 1 aromatic heterocycles. The molecule has 2 aromatic rings. The predicted molar refractivity (Wildman–Crippen MR) is 97.8 cm³/mol. The lowest BCUT2D eigenvalue weighted by molar-refractivity contribution is 0.0940. The Morgan fingerprint density at radius 2 is 1.88 bits per heavy atom. The first-order valence-corrected chi connectivity index (χ1v) is 8.55. The number of nitrogens with zero attached hydrogens (tertiary/aromatic N) is 2. The average molecular weight is 325 g/mol. The second-order valence-electron chi connectivity index (χ2n) is 6.34. The van der Waals surface area contributed by atoms with Crippen molar-refractivity contribution in [1.82, 2.24) is 15.2 Å². The minimum Gasteiger partial charge on any atom is -0.345 e. The van der Waals surface area contributed by atoms with Crippen molar-refractivity contribution in [2.45, 2.75) is 46.3 Å². The summed E-state index contributed by atoms with van der Waals surface area (Å²) in [6.07, 6.45) is 3.51. The Kier molecular flexibility index (Phi) is 6.50.